The van der Waals surface area contributed by atoms with Gasteiger partial charge in [-0.3, -0.25) is 10.1 Å². The van der Waals surface area contributed by atoms with Crippen molar-refractivity contribution in [1.82, 2.24) is 9.88 Å². The first kappa shape index (κ1) is 30.0. The van der Waals surface area contributed by atoms with Crippen LogP contribution >= 0.6 is 22.9 Å². The van der Waals surface area contributed by atoms with Gasteiger partial charge in [-0.15, -0.1) is 11.3 Å². The van der Waals surface area contributed by atoms with Crippen LogP contribution in [0, 0.1) is 0 Å². The number of hydrogen-bond acceptors (Lipinski definition) is 7. The van der Waals surface area contributed by atoms with Crippen molar-refractivity contribution in [1.29, 1.82) is 0 Å². The normalized spacial score (nSPS) is 14.2. The van der Waals surface area contributed by atoms with Gasteiger partial charge in [0, 0.05) is 29.4 Å². The van der Waals surface area contributed by atoms with Crippen LogP contribution in [0.4, 0.5) is 9.93 Å². The summed E-state index contributed by atoms with van der Waals surface area (Å²) in [6.07, 6.45) is 1.77. The maximum atomic E-state index is 12.5. The van der Waals surface area contributed by atoms with Crippen molar-refractivity contribution >= 4 is 40.1 Å². The second kappa shape index (κ2) is 14.1. The first-order chi connectivity index (χ1) is 19.1. The van der Waals surface area contributed by atoms with Gasteiger partial charge in [-0.05, 0) is 56.9 Å². The molecule has 0 bridgehead atoms. The molecule has 0 spiro atoms. The van der Waals surface area contributed by atoms with Crippen LogP contribution in [0.25, 0.3) is 0 Å². The zero-order chi connectivity index (χ0) is 28.5. The Morgan fingerprint density at radius 3 is 2.48 bits per heavy atom. The number of nitrogens with zero attached hydrogens (tertiary/aromatic N) is 2. The van der Waals surface area contributed by atoms with E-state index in [0.717, 1.165) is 34.5 Å². The smallest absolute Gasteiger partial charge is 0.410 e. The van der Waals surface area contributed by atoms with E-state index in [2.05, 4.69) is 5.32 Å². The molecule has 1 aliphatic rings. The van der Waals surface area contributed by atoms with Gasteiger partial charge in [0.05, 0.1) is 25.0 Å². The summed E-state index contributed by atoms with van der Waals surface area (Å²) in [4.78, 5) is 32.3. The number of hydrogen-bond donors (Lipinski definition) is 1. The maximum Gasteiger partial charge on any atom is 0.410 e. The largest absolute Gasteiger partial charge is 0.444 e. The topological polar surface area (TPSA) is 90.0 Å². The third-order valence-corrected chi connectivity index (χ3v) is 7.42. The van der Waals surface area contributed by atoms with Crippen LogP contribution in [-0.4, -0.2) is 53.3 Å². The molecule has 1 N–H and O–H groups in total. The molecule has 214 valence electrons. The first-order valence-corrected chi connectivity index (χ1v) is 14.6. The molecule has 2 amide bonds. The van der Waals surface area contributed by atoms with Crippen LogP contribution in [-0.2, 0) is 38.6 Å². The number of benzene rings is 2. The summed E-state index contributed by atoms with van der Waals surface area (Å²) in [6.45, 7) is 7.35. The highest BCUT2D eigenvalue weighted by Crippen LogP contribution is 2.28. The van der Waals surface area contributed by atoms with Gasteiger partial charge in [0.1, 0.15) is 12.2 Å². The summed E-state index contributed by atoms with van der Waals surface area (Å²) in [5, 5.41) is 4.04. The van der Waals surface area contributed by atoms with Gasteiger partial charge < -0.3 is 19.1 Å². The number of carbonyl (C=O) groups excluding carboxylic acids is 2. The van der Waals surface area contributed by atoms with Gasteiger partial charge in [-0.1, -0.05) is 54.1 Å². The Bertz CT molecular complexity index is 1270. The molecule has 1 fully saturated rings. The highest BCUT2D eigenvalue weighted by Gasteiger charge is 2.27. The number of nitrogens with one attached hydrogen (secondary N) is 1. The number of amides is 2. The van der Waals surface area contributed by atoms with E-state index in [1.807, 2.05) is 75.4 Å². The van der Waals surface area contributed by atoms with Gasteiger partial charge in [0.2, 0.25) is 0 Å². The fraction of sp³-hybridized carbons (Fsp3) is 0.433. The van der Waals surface area contributed by atoms with Gasteiger partial charge in [-0.2, -0.15) is 0 Å². The van der Waals surface area contributed by atoms with E-state index in [-0.39, 0.29) is 24.7 Å². The van der Waals surface area contributed by atoms with Gasteiger partial charge in [0.25, 0.3) is 5.91 Å². The molecule has 2 aromatic carbocycles. The average molecular weight is 586 g/mol. The first-order valence-electron chi connectivity index (χ1n) is 13.4. The molecule has 8 nitrogen and oxygen atoms in total. The van der Waals surface area contributed by atoms with E-state index in [4.69, 9.17) is 30.8 Å². The molecule has 1 aromatic heterocycles. The number of carbonyl (C=O) groups is 2. The second-order valence-corrected chi connectivity index (χ2v) is 12.2. The summed E-state index contributed by atoms with van der Waals surface area (Å²) in [5.74, 6) is -0.263. The van der Waals surface area contributed by atoms with E-state index < -0.39 is 5.60 Å². The van der Waals surface area contributed by atoms with Crippen molar-refractivity contribution in [3.8, 4) is 0 Å². The van der Waals surface area contributed by atoms with Crippen LogP contribution in [0.1, 0.15) is 55.3 Å². The Labute approximate surface area is 244 Å². The van der Waals surface area contributed by atoms with Crippen molar-refractivity contribution < 1.29 is 23.8 Å². The third-order valence-electron chi connectivity index (χ3n) is 6.17. The van der Waals surface area contributed by atoms with Crippen LogP contribution in [0.5, 0.6) is 0 Å². The lowest BCUT2D eigenvalue weighted by atomic mass is 10.1. The summed E-state index contributed by atoms with van der Waals surface area (Å²) >= 11 is 7.63. The molecule has 10 heteroatoms. The van der Waals surface area contributed by atoms with E-state index >= 15 is 0 Å². The van der Waals surface area contributed by atoms with Crippen molar-refractivity contribution in [2.45, 2.75) is 65.0 Å². The van der Waals surface area contributed by atoms with Gasteiger partial charge >= 0.3 is 6.09 Å². The van der Waals surface area contributed by atoms with E-state index in [1.54, 1.807) is 4.90 Å². The second-order valence-electron chi connectivity index (χ2n) is 10.7. The Hall–Kier alpha value is -2.98. The maximum absolute atomic E-state index is 12.5. The molecule has 0 atom stereocenters. The third kappa shape index (κ3) is 9.59. The zero-order valence-electron chi connectivity index (χ0n) is 23.2. The zero-order valence-corrected chi connectivity index (χ0v) is 24.7. The predicted octanol–water partition coefficient (Wildman–Crippen LogP) is 6.46. The number of thiazole rings is 1. The van der Waals surface area contributed by atoms with Crippen molar-refractivity contribution in [3.05, 3.63) is 81.3 Å². The number of likely N-dealkylation sites (tertiary alicyclic amines) is 1. The monoisotopic (exact) mass is 585 g/mol. The Balaban J connectivity index is 1.34. The van der Waals surface area contributed by atoms with Crippen molar-refractivity contribution in [2.75, 3.05) is 25.0 Å². The molecule has 1 saturated heterocycles. The summed E-state index contributed by atoms with van der Waals surface area (Å²) in [5.41, 5.74) is 2.31. The predicted molar refractivity (Wildman–Crippen MR) is 157 cm³/mol. The molecule has 0 saturated carbocycles. The molecular formula is C30H36ClN3O5S. The Morgan fingerprint density at radius 2 is 1.77 bits per heavy atom. The fourth-order valence-corrected chi connectivity index (χ4v) is 5.47. The van der Waals surface area contributed by atoms with Crippen LogP contribution < -0.4 is 5.32 Å². The molecule has 0 radical (unpaired) electrons. The number of anilines is 1. The van der Waals surface area contributed by atoms with E-state index in [0.29, 0.717) is 42.9 Å². The average Bonchev–Trinajstić information content (AvgIpc) is 3.27. The lowest BCUT2D eigenvalue weighted by Gasteiger charge is -2.33. The van der Waals surface area contributed by atoms with Crippen LogP contribution in [0.15, 0.2) is 54.6 Å². The molecule has 3 aromatic rings. The number of halogens is 1. The summed E-state index contributed by atoms with van der Waals surface area (Å²) < 4.78 is 17.3. The molecular weight excluding hydrogens is 550 g/mol. The highest BCUT2D eigenvalue weighted by atomic mass is 35.5. The molecule has 2 heterocycles. The molecule has 0 unspecified atom stereocenters. The quantitative estimate of drug-likeness (QED) is 0.294. The summed E-state index contributed by atoms with van der Waals surface area (Å²) in [6, 6.07) is 17.4. The lowest BCUT2D eigenvalue weighted by Crippen LogP contribution is -2.43. The number of rotatable bonds is 10. The molecule has 1 aliphatic heterocycles. The number of aromatic nitrogens is 1. The minimum absolute atomic E-state index is 0.00355. The standard InChI is InChI=1S/C30H36ClN3O5S/c1-30(2,3)39-29(36)34-14-12-24(13-15-34)38-19-25-26(17-22-10-7-11-23(31)16-22)40-28(32-25)33-27(35)20-37-18-21-8-5-4-6-9-21/h4-11,16,24H,12-15,17-20H2,1-3H3,(H,32,33,35). The minimum atomic E-state index is -0.518. The van der Waals surface area contributed by atoms with E-state index in [1.165, 1.54) is 11.3 Å². The van der Waals surface area contributed by atoms with E-state index in [9.17, 15) is 9.59 Å². The van der Waals surface area contributed by atoms with Crippen LogP contribution in [0.3, 0.4) is 0 Å². The number of piperidine rings is 1. The molecule has 0 aliphatic carbocycles. The Morgan fingerprint density at radius 1 is 1.05 bits per heavy atom. The number of ether oxygens (including phenoxy) is 3. The lowest BCUT2D eigenvalue weighted by molar-refractivity contribution is -0.121. The summed E-state index contributed by atoms with van der Waals surface area (Å²) in [7, 11) is 0. The SMILES string of the molecule is CC(C)(C)OC(=O)N1CCC(OCc2nc(NC(=O)COCc3ccccc3)sc2Cc2cccc(Cl)c2)CC1. The van der Waals surface area contributed by atoms with Crippen molar-refractivity contribution in [3.63, 3.8) is 0 Å². The fourth-order valence-electron chi connectivity index (χ4n) is 4.24. The minimum Gasteiger partial charge on any atom is -0.444 e. The van der Waals surface area contributed by atoms with Gasteiger partial charge in [0.15, 0.2) is 5.13 Å². The Kier molecular flexibility index (Phi) is 10.6. The highest BCUT2D eigenvalue weighted by molar-refractivity contribution is 7.15. The molecule has 4 rings (SSSR count). The van der Waals surface area contributed by atoms with Gasteiger partial charge in [-0.25, -0.2) is 9.78 Å². The van der Waals surface area contributed by atoms with Crippen LogP contribution in [0.2, 0.25) is 5.02 Å². The molecule has 40 heavy (non-hydrogen) atoms. The van der Waals surface area contributed by atoms with Crippen molar-refractivity contribution in [2.24, 2.45) is 0 Å².